The fraction of sp³-hybridized carbons (Fsp3) is 0.750. The van der Waals surface area contributed by atoms with Gasteiger partial charge in [-0.3, -0.25) is 4.79 Å². The molecule has 3 amide bonds. The zero-order valence-corrected chi connectivity index (χ0v) is 11.7. The highest BCUT2D eigenvalue weighted by Gasteiger charge is 2.26. The number of aliphatic carboxylic acids is 1. The number of carboxylic acids is 1. The molecule has 1 atom stereocenters. The number of primary amides is 1. The highest BCUT2D eigenvalue weighted by Crippen LogP contribution is 2.04. The lowest BCUT2D eigenvalue weighted by atomic mass is 10.1. The van der Waals surface area contributed by atoms with Gasteiger partial charge in [0.05, 0.1) is 0 Å². The average Bonchev–Trinajstić information content (AvgIpc) is 2.29. The number of carboxylic acid groups (broad SMARTS) is 1. The van der Waals surface area contributed by atoms with E-state index >= 15 is 0 Å². The maximum absolute atomic E-state index is 11.9. The van der Waals surface area contributed by atoms with Crippen LogP contribution < -0.4 is 11.1 Å². The number of rotatable bonds is 8. The van der Waals surface area contributed by atoms with Gasteiger partial charge in [0, 0.05) is 6.54 Å². The van der Waals surface area contributed by atoms with Crippen LogP contribution in [0.15, 0.2) is 0 Å². The number of hydrogen-bond donors (Lipinski definition) is 3. The first kappa shape index (κ1) is 17.2. The number of amides is 3. The van der Waals surface area contributed by atoms with E-state index in [1.165, 1.54) is 4.90 Å². The van der Waals surface area contributed by atoms with Crippen molar-refractivity contribution in [2.45, 2.75) is 39.7 Å². The minimum absolute atomic E-state index is 0.212. The fourth-order valence-electron chi connectivity index (χ4n) is 1.53. The first-order chi connectivity index (χ1) is 8.79. The summed E-state index contributed by atoms with van der Waals surface area (Å²) < 4.78 is 0. The van der Waals surface area contributed by atoms with Crippen LogP contribution in [0.5, 0.6) is 0 Å². The van der Waals surface area contributed by atoms with E-state index in [1.54, 1.807) is 13.8 Å². The van der Waals surface area contributed by atoms with Gasteiger partial charge in [-0.25, -0.2) is 9.59 Å². The topological polar surface area (TPSA) is 113 Å². The number of hydrogen-bond acceptors (Lipinski definition) is 3. The van der Waals surface area contributed by atoms with Crippen molar-refractivity contribution in [1.82, 2.24) is 10.2 Å². The van der Waals surface area contributed by atoms with Crippen molar-refractivity contribution < 1.29 is 19.5 Å². The van der Waals surface area contributed by atoms with Crippen LogP contribution in [-0.4, -0.2) is 47.0 Å². The molecule has 4 N–H and O–H groups in total. The SMILES string of the molecule is CCCCN(CC(N)=O)C(=O)N[C@@H](C(=O)O)C(C)C. The zero-order valence-electron chi connectivity index (χ0n) is 11.7. The molecule has 0 aliphatic heterocycles. The number of nitrogens with zero attached hydrogens (tertiary/aromatic N) is 1. The number of nitrogens with one attached hydrogen (secondary N) is 1. The zero-order chi connectivity index (χ0) is 15.0. The Morgan fingerprint density at radius 3 is 2.26 bits per heavy atom. The Kier molecular flexibility index (Phi) is 7.55. The second-order valence-corrected chi connectivity index (χ2v) is 4.75. The Hall–Kier alpha value is -1.79. The van der Waals surface area contributed by atoms with Crippen LogP contribution in [-0.2, 0) is 9.59 Å². The maximum Gasteiger partial charge on any atom is 0.326 e. The Morgan fingerprint density at radius 2 is 1.89 bits per heavy atom. The molecule has 19 heavy (non-hydrogen) atoms. The summed E-state index contributed by atoms with van der Waals surface area (Å²) in [6, 6.07) is -1.56. The van der Waals surface area contributed by atoms with Gasteiger partial charge in [-0.15, -0.1) is 0 Å². The highest BCUT2D eigenvalue weighted by molar-refractivity contribution is 5.86. The molecule has 7 heteroatoms. The van der Waals surface area contributed by atoms with Gasteiger partial charge in [-0.2, -0.15) is 0 Å². The molecule has 0 aliphatic carbocycles. The Bertz CT molecular complexity index is 331. The molecule has 0 rings (SSSR count). The van der Waals surface area contributed by atoms with E-state index < -0.39 is 23.9 Å². The van der Waals surface area contributed by atoms with Crippen molar-refractivity contribution in [2.75, 3.05) is 13.1 Å². The Labute approximate surface area is 113 Å². The Balaban J connectivity index is 4.68. The summed E-state index contributed by atoms with van der Waals surface area (Å²) in [6.45, 7) is 5.51. The van der Waals surface area contributed by atoms with Crippen LogP contribution in [0, 0.1) is 5.92 Å². The highest BCUT2D eigenvalue weighted by atomic mass is 16.4. The van der Waals surface area contributed by atoms with Gasteiger partial charge >= 0.3 is 12.0 Å². The van der Waals surface area contributed by atoms with Crippen LogP contribution in [0.4, 0.5) is 4.79 Å². The molecule has 7 nitrogen and oxygen atoms in total. The first-order valence-corrected chi connectivity index (χ1v) is 6.36. The number of nitrogens with two attached hydrogens (primary N) is 1. The predicted octanol–water partition coefficient (Wildman–Crippen LogP) is 0.393. The summed E-state index contributed by atoms with van der Waals surface area (Å²) in [5.74, 6) is -1.97. The van der Waals surface area contributed by atoms with Crippen molar-refractivity contribution in [3.8, 4) is 0 Å². The van der Waals surface area contributed by atoms with E-state index in [4.69, 9.17) is 10.8 Å². The van der Waals surface area contributed by atoms with Crippen molar-refractivity contribution in [3.63, 3.8) is 0 Å². The molecule has 0 spiro atoms. The first-order valence-electron chi connectivity index (χ1n) is 6.36. The van der Waals surface area contributed by atoms with E-state index in [0.717, 1.165) is 12.8 Å². The minimum Gasteiger partial charge on any atom is -0.480 e. The van der Waals surface area contributed by atoms with Crippen LogP contribution in [0.1, 0.15) is 33.6 Å². The van der Waals surface area contributed by atoms with Crippen LogP contribution in [0.25, 0.3) is 0 Å². The quantitative estimate of drug-likeness (QED) is 0.593. The summed E-state index contributed by atoms with van der Waals surface area (Å²) >= 11 is 0. The minimum atomic E-state index is -1.10. The number of carbonyl (C=O) groups excluding carboxylic acids is 2. The fourth-order valence-corrected chi connectivity index (χ4v) is 1.53. The molecule has 0 aromatic heterocycles. The van der Waals surface area contributed by atoms with Gasteiger partial charge < -0.3 is 21.1 Å². The van der Waals surface area contributed by atoms with Gasteiger partial charge in [0.15, 0.2) is 0 Å². The summed E-state index contributed by atoms with van der Waals surface area (Å²) in [7, 11) is 0. The van der Waals surface area contributed by atoms with Crippen molar-refractivity contribution in [1.29, 1.82) is 0 Å². The number of carbonyl (C=O) groups is 3. The average molecular weight is 273 g/mol. The predicted molar refractivity (Wildman–Crippen MR) is 70.5 cm³/mol. The second kappa shape index (κ2) is 8.34. The molecular formula is C12H23N3O4. The molecule has 0 unspecified atom stereocenters. The largest absolute Gasteiger partial charge is 0.480 e. The van der Waals surface area contributed by atoms with Gasteiger partial charge in [0.25, 0.3) is 0 Å². The lowest BCUT2D eigenvalue weighted by Gasteiger charge is -2.25. The molecule has 0 saturated carbocycles. The van der Waals surface area contributed by atoms with E-state index in [2.05, 4.69) is 5.32 Å². The normalized spacial score (nSPS) is 12.0. The third kappa shape index (κ3) is 6.64. The molecular weight excluding hydrogens is 250 g/mol. The van der Waals surface area contributed by atoms with Gasteiger partial charge in [0.1, 0.15) is 12.6 Å². The lowest BCUT2D eigenvalue weighted by Crippen LogP contribution is -2.52. The lowest BCUT2D eigenvalue weighted by molar-refractivity contribution is -0.140. The standard InChI is InChI=1S/C12H23N3O4/c1-4-5-6-15(7-9(13)16)12(19)14-10(8(2)3)11(17)18/h8,10H,4-7H2,1-3H3,(H2,13,16)(H,14,19)(H,17,18)/t10-/m1/s1. The summed E-state index contributed by atoms with van der Waals surface area (Å²) in [6.07, 6.45) is 1.58. The molecule has 0 heterocycles. The summed E-state index contributed by atoms with van der Waals surface area (Å²) in [5, 5.41) is 11.4. The third-order valence-corrected chi connectivity index (χ3v) is 2.63. The van der Waals surface area contributed by atoms with Crippen molar-refractivity contribution >= 4 is 17.9 Å². The van der Waals surface area contributed by atoms with Crippen LogP contribution >= 0.6 is 0 Å². The van der Waals surface area contributed by atoms with E-state index in [1.807, 2.05) is 6.92 Å². The van der Waals surface area contributed by atoms with Gasteiger partial charge in [-0.1, -0.05) is 27.2 Å². The van der Waals surface area contributed by atoms with Gasteiger partial charge in [-0.05, 0) is 12.3 Å². The molecule has 0 fully saturated rings. The molecule has 0 aromatic rings. The number of urea groups is 1. The van der Waals surface area contributed by atoms with Gasteiger partial charge in [0.2, 0.25) is 5.91 Å². The molecule has 0 aromatic carbocycles. The molecule has 0 aliphatic rings. The second-order valence-electron chi connectivity index (χ2n) is 4.75. The van der Waals surface area contributed by atoms with Crippen molar-refractivity contribution in [3.05, 3.63) is 0 Å². The summed E-state index contributed by atoms with van der Waals surface area (Å²) in [5.41, 5.74) is 5.08. The van der Waals surface area contributed by atoms with E-state index in [9.17, 15) is 14.4 Å². The maximum atomic E-state index is 11.9. The van der Waals surface area contributed by atoms with E-state index in [0.29, 0.717) is 6.54 Å². The van der Waals surface area contributed by atoms with E-state index in [-0.39, 0.29) is 12.5 Å². The monoisotopic (exact) mass is 273 g/mol. The molecule has 0 bridgehead atoms. The third-order valence-electron chi connectivity index (χ3n) is 2.63. The Morgan fingerprint density at radius 1 is 1.32 bits per heavy atom. The van der Waals surface area contributed by atoms with Crippen LogP contribution in [0.3, 0.4) is 0 Å². The van der Waals surface area contributed by atoms with Crippen LogP contribution in [0.2, 0.25) is 0 Å². The number of unbranched alkanes of at least 4 members (excludes halogenated alkanes) is 1. The van der Waals surface area contributed by atoms with Crippen molar-refractivity contribution in [2.24, 2.45) is 11.7 Å². The summed E-state index contributed by atoms with van der Waals surface area (Å²) in [4.78, 5) is 35.1. The molecule has 110 valence electrons. The molecule has 0 saturated heterocycles. The molecule has 0 radical (unpaired) electrons. The smallest absolute Gasteiger partial charge is 0.326 e.